The van der Waals surface area contributed by atoms with Crippen LogP contribution in [0.3, 0.4) is 0 Å². The van der Waals surface area contributed by atoms with E-state index in [2.05, 4.69) is 4.72 Å². The van der Waals surface area contributed by atoms with Crippen LogP contribution in [0.15, 0.2) is 15.7 Å². The highest BCUT2D eigenvalue weighted by molar-refractivity contribution is 7.99. The largest absolute Gasteiger partial charge is 0.392 e. The van der Waals surface area contributed by atoms with Gasteiger partial charge in [0.15, 0.2) is 0 Å². The standard InChI is InChI=1S/C11H17NO3S3/c13-7-10-5-11(17-8-10)18(14,15)12-6-9-1-3-16-4-2-9/h5,8-9,12-13H,1-4,6-7H2. The van der Waals surface area contributed by atoms with Crippen LogP contribution in [-0.4, -0.2) is 31.6 Å². The number of aliphatic hydroxyl groups excluding tert-OH is 1. The smallest absolute Gasteiger partial charge is 0.250 e. The molecule has 0 bridgehead atoms. The van der Waals surface area contributed by atoms with E-state index in [-0.39, 0.29) is 10.8 Å². The van der Waals surface area contributed by atoms with Crippen LogP contribution in [0.25, 0.3) is 0 Å². The van der Waals surface area contributed by atoms with E-state index in [0.717, 1.165) is 35.7 Å². The minimum absolute atomic E-state index is 0.119. The van der Waals surface area contributed by atoms with E-state index in [0.29, 0.717) is 18.0 Å². The molecule has 0 aromatic carbocycles. The fourth-order valence-corrected chi connectivity index (χ4v) is 5.39. The highest BCUT2D eigenvalue weighted by atomic mass is 32.2. The Bertz CT molecular complexity index is 477. The molecule has 0 radical (unpaired) electrons. The van der Waals surface area contributed by atoms with E-state index in [4.69, 9.17) is 5.11 Å². The van der Waals surface area contributed by atoms with Gasteiger partial charge in [0.2, 0.25) is 10.0 Å². The molecule has 0 amide bonds. The fraction of sp³-hybridized carbons (Fsp3) is 0.636. The molecular formula is C11H17NO3S3. The molecule has 1 fully saturated rings. The van der Waals surface area contributed by atoms with Crippen molar-refractivity contribution in [1.29, 1.82) is 0 Å². The summed E-state index contributed by atoms with van der Waals surface area (Å²) >= 11 is 3.08. The summed E-state index contributed by atoms with van der Waals surface area (Å²) in [6.07, 6.45) is 2.17. The topological polar surface area (TPSA) is 66.4 Å². The highest BCUT2D eigenvalue weighted by Gasteiger charge is 2.20. The van der Waals surface area contributed by atoms with Gasteiger partial charge in [-0.1, -0.05) is 0 Å². The van der Waals surface area contributed by atoms with Gasteiger partial charge < -0.3 is 5.11 Å². The molecule has 2 N–H and O–H groups in total. The molecule has 2 heterocycles. The highest BCUT2D eigenvalue weighted by Crippen LogP contribution is 2.24. The Balaban J connectivity index is 1.94. The Hall–Kier alpha value is -0.0800. The lowest BCUT2D eigenvalue weighted by Gasteiger charge is -2.21. The Labute approximate surface area is 116 Å². The maximum Gasteiger partial charge on any atom is 0.250 e. The van der Waals surface area contributed by atoms with Gasteiger partial charge in [-0.05, 0) is 47.3 Å². The van der Waals surface area contributed by atoms with Gasteiger partial charge in [0, 0.05) is 6.54 Å². The van der Waals surface area contributed by atoms with Crippen molar-refractivity contribution in [2.45, 2.75) is 23.7 Å². The maximum atomic E-state index is 12.0. The zero-order valence-corrected chi connectivity index (χ0v) is 12.4. The predicted molar refractivity (Wildman–Crippen MR) is 75.5 cm³/mol. The molecule has 0 saturated carbocycles. The van der Waals surface area contributed by atoms with Crippen LogP contribution in [0.5, 0.6) is 0 Å². The van der Waals surface area contributed by atoms with Gasteiger partial charge >= 0.3 is 0 Å². The molecule has 1 saturated heterocycles. The summed E-state index contributed by atoms with van der Waals surface area (Å²) in [5.41, 5.74) is 0.648. The summed E-state index contributed by atoms with van der Waals surface area (Å²) in [4.78, 5) is 0. The van der Waals surface area contributed by atoms with Gasteiger partial charge in [0.05, 0.1) is 6.61 Å². The zero-order chi connectivity index (χ0) is 13.0. The van der Waals surface area contributed by atoms with E-state index < -0.39 is 10.0 Å². The van der Waals surface area contributed by atoms with Crippen molar-refractivity contribution in [2.24, 2.45) is 5.92 Å². The average Bonchev–Trinajstić information content (AvgIpc) is 2.87. The molecule has 102 valence electrons. The minimum atomic E-state index is -3.40. The first-order valence-corrected chi connectivity index (χ1v) is 9.39. The minimum Gasteiger partial charge on any atom is -0.392 e. The Kier molecular flexibility index (Phi) is 5.08. The number of hydrogen-bond acceptors (Lipinski definition) is 5. The zero-order valence-electron chi connectivity index (χ0n) is 9.96. The van der Waals surface area contributed by atoms with Gasteiger partial charge in [-0.15, -0.1) is 11.3 Å². The van der Waals surface area contributed by atoms with Crippen molar-refractivity contribution in [3.05, 3.63) is 17.0 Å². The first-order chi connectivity index (χ1) is 8.62. The Morgan fingerprint density at radius 3 is 2.72 bits per heavy atom. The quantitative estimate of drug-likeness (QED) is 0.868. The molecule has 18 heavy (non-hydrogen) atoms. The molecule has 7 heteroatoms. The van der Waals surface area contributed by atoms with Gasteiger partial charge in [0.25, 0.3) is 0 Å². The fourth-order valence-electron chi connectivity index (χ4n) is 1.83. The number of aliphatic hydroxyl groups is 1. The number of rotatable bonds is 5. The third-order valence-corrected chi connectivity index (χ3v) is 6.94. The first-order valence-electron chi connectivity index (χ1n) is 5.87. The molecule has 1 aliphatic rings. The first kappa shape index (κ1) is 14.3. The monoisotopic (exact) mass is 307 g/mol. The van der Waals surface area contributed by atoms with Crippen LogP contribution in [0.1, 0.15) is 18.4 Å². The molecule has 2 rings (SSSR count). The van der Waals surface area contributed by atoms with Crippen molar-refractivity contribution in [3.8, 4) is 0 Å². The lowest BCUT2D eigenvalue weighted by atomic mass is 10.0. The van der Waals surface area contributed by atoms with Crippen molar-refractivity contribution in [1.82, 2.24) is 4.72 Å². The van der Waals surface area contributed by atoms with Crippen molar-refractivity contribution < 1.29 is 13.5 Å². The average molecular weight is 307 g/mol. The van der Waals surface area contributed by atoms with E-state index >= 15 is 0 Å². The van der Waals surface area contributed by atoms with Crippen LogP contribution >= 0.6 is 23.1 Å². The molecule has 1 aliphatic heterocycles. The lowest BCUT2D eigenvalue weighted by molar-refractivity contribution is 0.282. The molecular weight excluding hydrogens is 290 g/mol. The summed E-state index contributed by atoms with van der Waals surface area (Å²) in [6.45, 7) is 0.404. The van der Waals surface area contributed by atoms with Crippen LogP contribution in [0, 0.1) is 5.92 Å². The number of thioether (sulfide) groups is 1. The molecule has 0 aliphatic carbocycles. The van der Waals surface area contributed by atoms with Gasteiger partial charge in [0.1, 0.15) is 4.21 Å². The number of nitrogens with one attached hydrogen (secondary N) is 1. The Morgan fingerprint density at radius 1 is 1.39 bits per heavy atom. The molecule has 4 nitrogen and oxygen atoms in total. The molecule has 0 unspecified atom stereocenters. The number of sulfonamides is 1. The van der Waals surface area contributed by atoms with E-state index in [1.54, 1.807) is 5.38 Å². The second kappa shape index (κ2) is 6.38. The second-order valence-electron chi connectivity index (χ2n) is 4.34. The van der Waals surface area contributed by atoms with Crippen molar-refractivity contribution in [2.75, 3.05) is 18.1 Å². The second-order valence-corrected chi connectivity index (χ2v) is 8.47. The van der Waals surface area contributed by atoms with E-state index in [1.165, 1.54) is 6.07 Å². The van der Waals surface area contributed by atoms with Crippen LogP contribution in [0.4, 0.5) is 0 Å². The van der Waals surface area contributed by atoms with Gasteiger partial charge in [-0.25, -0.2) is 13.1 Å². The van der Waals surface area contributed by atoms with Crippen LogP contribution in [-0.2, 0) is 16.6 Å². The predicted octanol–water partition coefficient (Wildman–Crippen LogP) is 1.66. The van der Waals surface area contributed by atoms with Gasteiger partial charge in [-0.3, -0.25) is 0 Å². The maximum absolute atomic E-state index is 12.0. The van der Waals surface area contributed by atoms with Crippen molar-refractivity contribution in [3.63, 3.8) is 0 Å². The number of hydrogen-bond donors (Lipinski definition) is 2. The van der Waals surface area contributed by atoms with Crippen LogP contribution in [0.2, 0.25) is 0 Å². The molecule has 0 spiro atoms. The third kappa shape index (κ3) is 3.71. The van der Waals surface area contributed by atoms with Crippen LogP contribution < -0.4 is 4.72 Å². The summed E-state index contributed by atoms with van der Waals surface area (Å²) in [6, 6.07) is 1.53. The van der Waals surface area contributed by atoms with E-state index in [9.17, 15) is 8.42 Å². The lowest BCUT2D eigenvalue weighted by Crippen LogP contribution is -2.30. The van der Waals surface area contributed by atoms with Gasteiger partial charge in [-0.2, -0.15) is 11.8 Å². The van der Waals surface area contributed by atoms with E-state index in [1.807, 2.05) is 11.8 Å². The third-order valence-electron chi connectivity index (χ3n) is 2.98. The normalized spacial score (nSPS) is 18.1. The summed E-state index contributed by atoms with van der Waals surface area (Å²) in [5.74, 6) is 2.71. The summed E-state index contributed by atoms with van der Waals surface area (Å²) < 4.78 is 27.0. The molecule has 1 aromatic rings. The summed E-state index contributed by atoms with van der Waals surface area (Å²) in [5, 5.41) is 10.6. The molecule has 1 aromatic heterocycles. The van der Waals surface area contributed by atoms with Crippen molar-refractivity contribution >= 4 is 33.1 Å². The Morgan fingerprint density at radius 2 is 2.11 bits per heavy atom. The number of thiophene rings is 1. The molecule has 0 atom stereocenters. The SMILES string of the molecule is O=S(=O)(NCC1CCSCC1)c1cc(CO)cs1. The summed E-state index contributed by atoms with van der Waals surface area (Å²) in [7, 11) is -3.40.